The Morgan fingerprint density at radius 3 is 2.42 bits per heavy atom. The topological polar surface area (TPSA) is 67.2 Å². The molecule has 1 atom stereocenters. The molecule has 1 amide bonds. The largest absolute Gasteiger partial charge is 0.416 e. The van der Waals surface area contributed by atoms with Crippen LogP contribution in [0.15, 0.2) is 79.1 Å². The van der Waals surface area contributed by atoms with E-state index in [9.17, 15) is 23.1 Å². The van der Waals surface area contributed by atoms with Crippen LogP contribution in [0.1, 0.15) is 27.6 Å². The summed E-state index contributed by atoms with van der Waals surface area (Å²) in [4.78, 5) is 16.7. The summed E-state index contributed by atoms with van der Waals surface area (Å²) in [6, 6.07) is 19.1. The van der Waals surface area contributed by atoms with Crippen molar-refractivity contribution in [3.8, 4) is 5.69 Å². The van der Waals surface area contributed by atoms with Crippen LogP contribution in [0.5, 0.6) is 0 Å². The minimum Gasteiger partial charge on any atom is -0.387 e. The number of aromatic nitrogens is 2. The molecule has 31 heavy (non-hydrogen) atoms. The number of aliphatic hydroxyl groups excluding tert-OH is 1. The summed E-state index contributed by atoms with van der Waals surface area (Å²) in [5.74, 6) is -0.495. The molecule has 2 N–H and O–H groups in total. The summed E-state index contributed by atoms with van der Waals surface area (Å²) in [5, 5.41) is 12.7. The third-order valence-electron chi connectivity index (χ3n) is 4.94. The van der Waals surface area contributed by atoms with Crippen LogP contribution in [0.4, 0.5) is 13.2 Å². The molecule has 0 aliphatic rings. The van der Waals surface area contributed by atoms with Gasteiger partial charge in [0.05, 0.1) is 22.7 Å². The van der Waals surface area contributed by atoms with Crippen molar-refractivity contribution in [2.75, 3.05) is 6.54 Å². The lowest BCUT2D eigenvalue weighted by molar-refractivity contribution is -0.139. The zero-order chi connectivity index (χ0) is 22.0. The van der Waals surface area contributed by atoms with Crippen molar-refractivity contribution >= 4 is 16.9 Å². The molecule has 0 saturated carbocycles. The number of nitrogens with one attached hydrogen (secondary N) is 1. The Morgan fingerprint density at radius 1 is 1.00 bits per heavy atom. The van der Waals surface area contributed by atoms with E-state index < -0.39 is 23.8 Å². The first kappa shape index (κ1) is 20.6. The SMILES string of the molecule is O=C(NCC(O)c1ccccc1C(F)(F)F)c1ccc(-n2cnc3ccccc32)cc1. The number of alkyl halides is 3. The van der Waals surface area contributed by atoms with E-state index in [1.54, 1.807) is 30.6 Å². The molecular formula is C23H18F3N3O2. The first-order chi connectivity index (χ1) is 14.8. The Bertz CT molecular complexity index is 1220. The molecule has 0 saturated heterocycles. The monoisotopic (exact) mass is 425 g/mol. The van der Waals surface area contributed by atoms with Crippen LogP contribution in [0, 0.1) is 0 Å². The molecule has 158 valence electrons. The van der Waals surface area contributed by atoms with E-state index in [-0.39, 0.29) is 12.1 Å². The second-order valence-corrected chi connectivity index (χ2v) is 6.96. The molecule has 5 nitrogen and oxygen atoms in total. The van der Waals surface area contributed by atoms with E-state index >= 15 is 0 Å². The Balaban J connectivity index is 1.45. The van der Waals surface area contributed by atoms with Crippen LogP contribution in [-0.2, 0) is 6.18 Å². The number of fused-ring (bicyclic) bond motifs is 1. The normalized spacial score (nSPS) is 12.6. The molecule has 0 spiro atoms. The van der Waals surface area contributed by atoms with Gasteiger partial charge in [-0.1, -0.05) is 30.3 Å². The molecule has 0 aliphatic heterocycles. The lowest BCUT2D eigenvalue weighted by Gasteiger charge is -2.18. The van der Waals surface area contributed by atoms with E-state index in [1.165, 1.54) is 18.2 Å². The van der Waals surface area contributed by atoms with Gasteiger partial charge in [-0.25, -0.2) is 4.98 Å². The quantitative estimate of drug-likeness (QED) is 0.495. The summed E-state index contributed by atoms with van der Waals surface area (Å²) in [6.07, 6.45) is -4.39. The molecule has 1 aromatic heterocycles. The maximum absolute atomic E-state index is 13.1. The van der Waals surface area contributed by atoms with E-state index in [2.05, 4.69) is 10.3 Å². The van der Waals surface area contributed by atoms with Crippen molar-refractivity contribution in [3.05, 3.63) is 95.8 Å². The number of rotatable bonds is 5. The maximum Gasteiger partial charge on any atom is 0.416 e. The third kappa shape index (κ3) is 4.29. The van der Waals surface area contributed by atoms with Gasteiger partial charge in [0.2, 0.25) is 0 Å². The van der Waals surface area contributed by atoms with Gasteiger partial charge in [0, 0.05) is 17.8 Å². The van der Waals surface area contributed by atoms with E-state index in [1.807, 2.05) is 28.8 Å². The van der Waals surface area contributed by atoms with Gasteiger partial charge >= 0.3 is 6.18 Å². The van der Waals surface area contributed by atoms with Gasteiger partial charge in [0.25, 0.3) is 5.91 Å². The summed E-state index contributed by atoms with van der Waals surface area (Å²) in [6.45, 7) is -0.347. The molecule has 8 heteroatoms. The number of benzene rings is 3. The smallest absolute Gasteiger partial charge is 0.387 e. The number of halogens is 3. The molecule has 0 fully saturated rings. The van der Waals surface area contributed by atoms with E-state index in [0.717, 1.165) is 22.8 Å². The van der Waals surface area contributed by atoms with Gasteiger partial charge in [0.1, 0.15) is 6.33 Å². The summed E-state index contributed by atoms with van der Waals surface area (Å²) in [5.41, 5.74) is 1.70. The average Bonchev–Trinajstić information content (AvgIpc) is 3.21. The highest BCUT2D eigenvalue weighted by Crippen LogP contribution is 2.34. The minimum atomic E-state index is -4.59. The van der Waals surface area contributed by atoms with Crippen molar-refractivity contribution in [3.63, 3.8) is 0 Å². The highest BCUT2D eigenvalue weighted by molar-refractivity contribution is 5.94. The van der Waals surface area contributed by atoms with Gasteiger partial charge < -0.3 is 10.4 Å². The van der Waals surface area contributed by atoms with Gasteiger partial charge in [-0.3, -0.25) is 9.36 Å². The fraction of sp³-hybridized carbons (Fsp3) is 0.130. The van der Waals surface area contributed by atoms with Gasteiger partial charge in [-0.15, -0.1) is 0 Å². The number of aliphatic hydroxyl groups is 1. The van der Waals surface area contributed by atoms with Gasteiger partial charge in [-0.05, 0) is 48.0 Å². The molecule has 0 bridgehead atoms. The lowest BCUT2D eigenvalue weighted by atomic mass is 10.0. The van der Waals surface area contributed by atoms with Crippen LogP contribution in [0.2, 0.25) is 0 Å². The number of para-hydroxylation sites is 2. The lowest BCUT2D eigenvalue weighted by Crippen LogP contribution is -2.29. The van der Waals surface area contributed by atoms with Crippen LogP contribution >= 0.6 is 0 Å². The number of nitrogens with zero attached hydrogens (tertiary/aromatic N) is 2. The number of amides is 1. The highest BCUT2D eigenvalue weighted by Gasteiger charge is 2.34. The molecule has 0 radical (unpaired) electrons. The Hall–Kier alpha value is -3.65. The predicted molar refractivity (Wildman–Crippen MR) is 110 cm³/mol. The summed E-state index contributed by atoms with van der Waals surface area (Å²) < 4.78 is 41.2. The van der Waals surface area contributed by atoms with E-state index in [0.29, 0.717) is 5.56 Å². The average molecular weight is 425 g/mol. The number of hydrogen-bond acceptors (Lipinski definition) is 3. The fourth-order valence-corrected chi connectivity index (χ4v) is 3.39. The predicted octanol–water partition coefficient (Wildman–Crippen LogP) is 4.51. The van der Waals surface area contributed by atoms with Gasteiger partial charge in [-0.2, -0.15) is 13.2 Å². The number of hydrogen-bond donors (Lipinski definition) is 2. The van der Waals surface area contributed by atoms with Crippen molar-refractivity contribution in [1.29, 1.82) is 0 Å². The Morgan fingerprint density at radius 2 is 1.68 bits per heavy atom. The van der Waals surface area contributed by atoms with Crippen LogP contribution in [-0.4, -0.2) is 27.1 Å². The fourth-order valence-electron chi connectivity index (χ4n) is 3.39. The van der Waals surface area contributed by atoms with Crippen molar-refractivity contribution in [1.82, 2.24) is 14.9 Å². The molecule has 1 heterocycles. The number of carbonyl (C=O) groups is 1. The van der Waals surface area contributed by atoms with E-state index in [4.69, 9.17) is 0 Å². The second kappa shape index (κ2) is 8.23. The zero-order valence-electron chi connectivity index (χ0n) is 16.2. The molecule has 1 unspecified atom stereocenters. The van der Waals surface area contributed by atoms with Crippen molar-refractivity contribution < 1.29 is 23.1 Å². The molecule has 4 aromatic rings. The molecule has 4 rings (SSSR count). The third-order valence-corrected chi connectivity index (χ3v) is 4.94. The molecular weight excluding hydrogens is 407 g/mol. The first-order valence-electron chi connectivity index (χ1n) is 9.49. The minimum absolute atomic E-state index is 0.280. The van der Waals surface area contributed by atoms with Gasteiger partial charge in [0.15, 0.2) is 0 Å². The second-order valence-electron chi connectivity index (χ2n) is 6.96. The number of imidazole rings is 1. The van der Waals surface area contributed by atoms with Crippen LogP contribution in [0.3, 0.4) is 0 Å². The van der Waals surface area contributed by atoms with Crippen molar-refractivity contribution in [2.45, 2.75) is 12.3 Å². The Kier molecular flexibility index (Phi) is 5.48. The zero-order valence-corrected chi connectivity index (χ0v) is 16.2. The maximum atomic E-state index is 13.1. The first-order valence-corrected chi connectivity index (χ1v) is 9.49. The van der Waals surface area contributed by atoms with Crippen molar-refractivity contribution in [2.24, 2.45) is 0 Å². The summed E-state index contributed by atoms with van der Waals surface area (Å²) in [7, 11) is 0. The summed E-state index contributed by atoms with van der Waals surface area (Å²) >= 11 is 0. The Labute approximate surface area is 175 Å². The van der Waals surface area contributed by atoms with Crippen LogP contribution in [0.25, 0.3) is 16.7 Å². The number of carbonyl (C=O) groups excluding carboxylic acids is 1. The van der Waals surface area contributed by atoms with Crippen LogP contribution < -0.4 is 5.32 Å². The highest BCUT2D eigenvalue weighted by atomic mass is 19.4. The molecule has 3 aromatic carbocycles. The molecule has 0 aliphatic carbocycles. The standard InChI is InChI=1S/C23H18F3N3O2/c24-23(25,26)18-6-2-1-5-17(18)21(30)13-27-22(31)15-9-11-16(12-10-15)29-14-28-19-7-3-4-8-20(19)29/h1-12,14,21,30H,13H2,(H,27,31).